The Bertz CT molecular complexity index is 556. The van der Waals surface area contributed by atoms with Crippen molar-refractivity contribution in [3.63, 3.8) is 0 Å². The van der Waals surface area contributed by atoms with E-state index >= 15 is 0 Å². The summed E-state index contributed by atoms with van der Waals surface area (Å²) in [5.74, 6) is 3.07. The van der Waals surface area contributed by atoms with E-state index in [1.807, 2.05) is 12.1 Å². The molecular weight excluding hydrogens is 254 g/mol. The average molecular weight is 275 g/mol. The van der Waals surface area contributed by atoms with E-state index < -0.39 is 0 Å². The topological polar surface area (TPSA) is 34.8 Å². The molecule has 2 aromatic rings. The smallest absolute Gasteiger partial charge is 0.164 e. The van der Waals surface area contributed by atoms with Gasteiger partial charge in [0.05, 0.1) is 14.2 Å². The number of benzene rings is 1. The molecule has 1 aromatic heterocycles. The molecule has 108 valence electrons. The molecule has 4 nitrogen and oxygen atoms in total. The minimum absolute atomic E-state index is 0.524. The van der Waals surface area contributed by atoms with Crippen LogP contribution in [0.1, 0.15) is 24.5 Å². The lowest BCUT2D eigenvalue weighted by Crippen LogP contribution is -2.29. The quantitative estimate of drug-likeness (QED) is 0.861. The van der Waals surface area contributed by atoms with E-state index in [1.165, 1.54) is 0 Å². The summed E-state index contributed by atoms with van der Waals surface area (Å²) in [6.07, 6.45) is 2.31. The highest BCUT2D eigenvalue weighted by molar-refractivity contribution is 5.82. The van der Waals surface area contributed by atoms with Gasteiger partial charge in [0.25, 0.3) is 0 Å². The predicted octanol–water partition coefficient (Wildman–Crippen LogP) is 3.26. The zero-order chi connectivity index (χ0) is 14.1. The maximum atomic E-state index is 6.03. The van der Waals surface area contributed by atoms with Crippen molar-refractivity contribution >= 4 is 11.0 Å². The lowest BCUT2D eigenvalue weighted by molar-refractivity contribution is 0.242. The summed E-state index contributed by atoms with van der Waals surface area (Å²) in [6, 6.07) is 6.04. The van der Waals surface area contributed by atoms with Gasteiger partial charge in [-0.3, -0.25) is 0 Å². The highest BCUT2D eigenvalue weighted by atomic mass is 16.5. The van der Waals surface area contributed by atoms with Gasteiger partial charge in [0.2, 0.25) is 0 Å². The Morgan fingerprint density at radius 1 is 1.05 bits per heavy atom. The molecule has 2 heterocycles. The van der Waals surface area contributed by atoms with Crippen LogP contribution in [0.25, 0.3) is 11.0 Å². The zero-order valence-corrected chi connectivity index (χ0v) is 12.3. The van der Waals surface area contributed by atoms with Crippen LogP contribution in [-0.4, -0.2) is 39.3 Å². The number of fused-ring (bicyclic) bond motifs is 1. The van der Waals surface area contributed by atoms with Crippen LogP contribution in [0.2, 0.25) is 0 Å². The third kappa shape index (κ3) is 2.36. The number of piperidine rings is 1. The number of hydrogen-bond acceptors (Lipinski definition) is 4. The molecule has 1 saturated heterocycles. The largest absolute Gasteiger partial charge is 0.493 e. The molecule has 20 heavy (non-hydrogen) atoms. The fraction of sp³-hybridized carbons (Fsp3) is 0.500. The molecule has 4 heteroatoms. The zero-order valence-electron chi connectivity index (χ0n) is 12.3. The molecule has 0 spiro atoms. The number of nitrogens with zero attached hydrogens (tertiary/aromatic N) is 1. The molecule has 0 amide bonds. The second-order valence-corrected chi connectivity index (χ2v) is 5.47. The highest BCUT2D eigenvalue weighted by Gasteiger charge is 2.22. The summed E-state index contributed by atoms with van der Waals surface area (Å²) in [6.45, 7) is 2.27. The van der Waals surface area contributed by atoms with E-state index in [2.05, 4.69) is 18.0 Å². The van der Waals surface area contributed by atoms with Crippen molar-refractivity contribution in [3.8, 4) is 11.5 Å². The van der Waals surface area contributed by atoms with E-state index in [9.17, 15) is 0 Å². The SMILES string of the molecule is COc1cc2cc(C3CCN(C)CC3)oc2cc1OC. The second-order valence-electron chi connectivity index (χ2n) is 5.47. The number of hydrogen-bond donors (Lipinski definition) is 0. The normalized spacial score (nSPS) is 17.6. The van der Waals surface area contributed by atoms with E-state index in [1.54, 1.807) is 14.2 Å². The predicted molar refractivity (Wildman–Crippen MR) is 78.8 cm³/mol. The fourth-order valence-corrected chi connectivity index (χ4v) is 2.88. The van der Waals surface area contributed by atoms with Gasteiger partial charge in [-0.25, -0.2) is 0 Å². The van der Waals surface area contributed by atoms with E-state index in [0.29, 0.717) is 11.7 Å². The monoisotopic (exact) mass is 275 g/mol. The summed E-state index contributed by atoms with van der Waals surface area (Å²) in [5, 5.41) is 1.08. The molecule has 1 aliphatic heterocycles. The molecular formula is C16H21NO3. The summed E-state index contributed by atoms with van der Waals surface area (Å²) in [7, 11) is 5.47. The summed E-state index contributed by atoms with van der Waals surface area (Å²) in [5.41, 5.74) is 0.872. The van der Waals surface area contributed by atoms with Gasteiger partial charge >= 0.3 is 0 Å². The number of furan rings is 1. The highest BCUT2D eigenvalue weighted by Crippen LogP contribution is 2.37. The standard InChI is InChI=1S/C16H21NO3/c1-17-6-4-11(5-7-17)13-8-12-9-15(18-2)16(19-3)10-14(12)20-13/h8-11H,4-7H2,1-3H3. The maximum Gasteiger partial charge on any atom is 0.164 e. The van der Waals surface area contributed by atoms with Crippen molar-refractivity contribution in [2.75, 3.05) is 34.4 Å². The van der Waals surface area contributed by atoms with Gasteiger partial charge in [-0.1, -0.05) is 0 Å². The Hall–Kier alpha value is -1.68. The number of ether oxygens (including phenoxy) is 2. The number of methoxy groups -OCH3 is 2. The van der Waals surface area contributed by atoms with E-state index in [-0.39, 0.29) is 0 Å². The Morgan fingerprint density at radius 3 is 2.35 bits per heavy atom. The van der Waals surface area contributed by atoms with Crippen molar-refractivity contribution < 1.29 is 13.9 Å². The van der Waals surface area contributed by atoms with Crippen molar-refractivity contribution in [1.29, 1.82) is 0 Å². The molecule has 0 atom stereocenters. The lowest BCUT2D eigenvalue weighted by atomic mass is 9.94. The molecule has 0 bridgehead atoms. The molecule has 0 unspecified atom stereocenters. The number of likely N-dealkylation sites (tertiary alicyclic amines) is 1. The minimum Gasteiger partial charge on any atom is -0.493 e. The van der Waals surface area contributed by atoms with Crippen LogP contribution in [0.5, 0.6) is 11.5 Å². The Morgan fingerprint density at radius 2 is 1.70 bits per heavy atom. The molecule has 0 saturated carbocycles. The summed E-state index contributed by atoms with van der Waals surface area (Å²) >= 11 is 0. The van der Waals surface area contributed by atoms with Gasteiger partial charge in [0, 0.05) is 17.4 Å². The van der Waals surface area contributed by atoms with Crippen LogP contribution in [0.4, 0.5) is 0 Å². The molecule has 0 aliphatic carbocycles. The first kappa shape index (κ1) is 13.3. The molecule has 1 aliphatic rings. The van der Waals surface area contributed by atoms with Gasteiger partial charge in [-0.15, -0.1) is 0 Å². The third-order valence-corrected chi connectivity index (χ3v) is 4.16. The van der Waals surface area contributed by atoms with Crippen LogP contribution in [0.15, 0.2) is 22.6 Å². The molecule has 3 rings (SSSR count). The van der Waals surface area contributed by atoms with Crippen LogP contribution >= 0.6 is 0 Å². The fourth-order valence-electron chi connectivity index (χ4n) is 2.88. The van der Waals surface area contributed by atoms with Crippen LogP contribution in [-0.2, 0) is 0 Å². The Kier molecular flexibility index (Phi) is 3.57. The second kappa shape index (κ2) is 5.37. The molecule has 0 N–H and O–H groups in total. The van der Waals surface area contributed by atoms with Crippen LogP contribution in [0.3, 0.4) is 0 Å². The first-order chi connectivity index (χ1) is 9.71. The average Bonchev–Trinajstić information content (AvgIpc) is 2.89. The van der Waals surface area contributed by atoms with Gasteiger partial charge in [0.15, 0.2) is 11.5 Å². The van der Waals surface area contributed by atoms with Gasteiger partial charge in [0.1, 0.15) is 11.3 Å². The first-order valence-electron chi connectivity index (χ1n) is 7.05. The summed E-state index contributed by atoms with van der Waals surface area (Å²) in [4.78, 5) is 2.37. The molecule has 1 aromatic carbocycles. The van der Waals surface area contributed by atoms with Crippen LogP contribution < -0.4 is 9.47 Å². The first-order valence-corrected chi connectivity index (χ1v) is 7.05. The summed E-state index contributed by atoms with van der Waals surface area (Å²) < 4.78 is 16.7. The Balaban J connectivity index is 1.94. The van der Waals surface area contributed by atoms with E-state index in [0.717, 1.165) is 48.4 Å². The Labute approximate surface area is 119 Å². The van der Waals surface area contributed by atoms with Gasteiger partial charge < -0.3 is 18.8 Å². The van der Waals surface area contributed by atoms with Crippen molar-refractivity contribution in [3.05, 3.63) is 24.0 Å². The number of rotatable bonds is 3. The van der Waals surface area contributed by atoms with Gasteiger partial charge in [-0.2, -0.15) is 0 Å². The molecule has 1 fully saturated rings. The molecule has 0 radical (unpaired) electrons. The van der Waals surface area contributed by atoms with Crippen LogP contribution in [0, 0.1) is 0 Å². The van der Waals surface area contributed by atoms with Crippen molar-refractivity contribution in [1.82, 2.24) is 4.90 Å². The van der Waals surface area contributed by atoms with Gasteiger partial charge in [-0.05, 0) is 45.1 Å². The van der Waals surface area contributed by atoms with Crippen molar-refractivity contribution in [2.24, 2.45) is 0 Å². The van der Waals surface area contributed by atoms with Crippen molar-refractivity contribution in [2.45, 2.75) is 18.8 Å². The minimum atomic E-state index is 0.524. The third-order valence-electron chi connectivity index (χ3n) is 4.16. The van der Waals surface area contributed by atoms with E-state index in [4.69, 9.17) is 13.9 Å². The maximum absolute atomic E-state index is 6.03. The lowest BCUT2D eigenvalue weighted by Gasteiger charge is -2.27.